The number of rotatable bonds is 9. The van der Waals surface area contributed by atoms with E-state index >= 15 is 0 Å². The molecule has 0 amide bonds. The molecule has 1 aromatic rings. The summed E-state index contributed by atoms with van der Waals surface area (Å²) < 4.78 is 31.9. The van der Waals surface area contributed by atoms with Crippen LogP contribution in [0.25, 0.3) is 0 Å². The van der Waals surface area contributed by atoms with Crippen LogP contribution < -0.4 is 5.32 Å². The van der Waals surface area contributed by atoms with Crippen LogP contribution in [0.4, 0.5) is 20.2 Å². The minimum atomic E-state index is -1.23. The Morgan fingerprint density at radius 1 is 1.30 bits per heavy atom. The van der Waals surface area contributed by atoms with E-state index in [1.807, 2.05) is 0 Å². The summed E-state index contributed by atoms with van der Waals surface area (Å²) in [5.41, 5.74) is -0.889. The molecule has 0 saturated heterocycles. The van der Waals surface area contributed by atoms with E-state index in [4.69, 9.17) is 4.74 Å². The van der Waals surface area contributed by atoms with E-state index in [2.05, 4.69) is 12.2 Å². The van der Waals surface area contributed by atoms with Crippen molar-refractivity contribution in [2.24, 2.45) is 0 Å². The lowest BCUT2D eigenvalue weighted by Gasteiger charge is -2.09. The number of ether oxygens (including phenoxy) is 1. The average molecular weight is 288 g/mol. The van der Waals surface area contributed by atoms with Gasteiger partial charge in [-0.2, -0.15) is 0 Å². The summed E-state index contributed by atoms with van der Waals surface area (Å²) in [6, 6.07) is 1.69. The van der Waals surface area contributed by atoms with Crippen LogP contribution in [0.5, 0.6) is 0 Å². The lowest BCUT2D eigenvalue weighted by Crippen LogP contribution is -2.10. The standard InChI is InChI=1S/C13H18F2N2O3/c1-2-3-8-20-9-4-7-16-13-11(17(18)19)6-5-10(14)12(13)15/h5-6,16H,2-4,7-9H2,1H3. The fraction of sp³-hybridized carbons (Fsp3) is 0.538. The summed E-state index contributed by atoms with van der Waals surface area (Å²) in [6.07, 6.45) is 2.56. The molecule has 112 valence electrons. The molecule has 0 heterocycles. The molecular weight excluding hydrogens is 270 g/mol. The number of nitrogens with zero attached hydrogens (tertiary/aromatic N) is 1. The first-order valence-corrected chi connectivity index (χ1v) is 6.52. The van der Waals surface area contributed by atoms with Crippen molar-refractivity contribution >= 4 is 11.4 Å². The van der Waals surface area contributed by atoms with Crippen molar-refractivity contribution in [3.05, 3.63) is 33.9 Å². The van der Waals surface area contributed by atoms with Crippen LogP contribution >= 0.6 is 0 Å². The monoisotopic (exact) mass is 288 g/mol. The molecule has 1 rings (SSSR count). The summed E-state index contributed by atoms with van der Waals surface area (Å²) in [5, 5.41) is 13.3. The van der Waals surface area contributed by atoms with Crippen LogP contribution in [0.1, 0.15) is 26.2 Å². The molecule has 5 nitrogen and oxygen atoms in total. The highest BCUT2D eigenvalue weighted by Gasteiger charge is 2.20. The van der Waals surface area contributed by atoms with Gasteiger partial charge in [0.2, 0.25) is 0 Å². The maximum atomic E-state index is 13.5. The van der Waals surface area contributed by atoms with Crippen LogP contribution in [0.2, 0.25) is 0 Å². The highest BCUT2D eigenvalue weighted by molar-refractivity contribution is 5.62. The zero-order chi connectivity index (χ0) is 15.0. The molecule has 0 aliphatic rings. The van der Waals surface area contributed by atoms with Gasteiger partial charge in [0.15, 0.2) is 17.3 Å². The Morgan fingerprint density at radius 3 is 2.65 bits per heavy atom. The second kappa shape index (κ2) is 8.42. The van der Waals surface area contributed by atoms with Gasteiger partial charge in [0, 0.05) is 25.8 Å². The van der Waals surface area contributed by atoms with Crippen LogP contribution in [0.3, 0.4) is 0 Å². The molecule has 1 N–H and O–H groups in total. The predicted octanol–water partition coefficient (Wildman–Crippen LogP) is 3.49. The Kier molecular flexibility index (Phi) is 6.86. The van der Waals surface area contributed by atoms with E-state index in [1.165, 1.54) is 0 Å². The third-order valence-corrected chi connectivity index (χ3v) is 2.68. The van der Waals surface area contributed by atoms with Gasteiger partial charge in [0.05, 0.1) is 4.92 Å². The fourth-order valence-corrected chi connectivity index (χ4v) is 1.60. The first-order chi connectivity index (χ1) is 9.57. The van der Waals surface area contributed by atoms with E-state index in [0.717, 1.165) is 25.0 Å². The molecular formula is C13H18F2N2O3. The van der Waals surface area contributed by atoms with E-state index < -0.39 is 27.9 Å². The van der Waals surface area contributed by atoms with Gasteiger partial charge in [0.1, 0.15) is 0 Å². The van der Waals surface area contributed by atoms with Crippen molar-refractivity contribution in [3.8, 4) is 0 Å². The molecule has 0 aliphatic carbocycles. The van der Waals surface area contributed by atoms with E-state index in [1.54, 1.807) is 0 Å². The number of benzene rings is 1. The topological polar surface area (TPSA) is 64.4 Å². The largest absolute Gasteiger partial charge is 0.381 e. The number of halogens is 2. The smallest absolute Gasteiger partial charge is 0.295 e. The Balaban J connectivity index is 2.50. The first kappa shape index (κ1) is 16.3. The number of anilines is 1. The number of unbranched alkanes of at least 4 members (excludes halogenated alkanes) is 1. The Labute approximate surface area is 116 Å². The number of hydrogen-bond acceptors (Lipinski definition) is 4. The van der Waals surface area contributed by atoms with Gasteiger partial charge in [-0.1, -0.05) is 13.3 Å². The quantitative estimate of drug-likeness (QED) is 0.429. The van der Waals surface area contributed by atoms with Crippen molar-refractivity contribution in [2.45, 2.75) is 26.2 Å². The van der Waals surface area contributed by atoms with Gasteiger partial charge < -0.3 is 10.1 Å². The van der Waals surface area contributed by atoms with E-state index in [0.29, 0.717) is 19.6 Å². The maximum Gasteiger partial charge on any atom is 0.295 e. The van der Waals surface area contributed by atoms with Gasteiger partial charge in [-0.15, -0.1) is 0 Å². The Hall–Kier alpha value is -1.76. The van der Waals surface area contributed by atoms with Gasteiger partial charge in [-0.05, 0) is 18.9 Å². The average Bonchev–Trinajstić information content (AvgIpc) is 2.42. The second-order valence-corrected chi connectivity index (χ2v) is 4.26. The number of nitro benzene ring substituents is 1. The predicted molar refractivity (Wildman–Crippen MR) is 71.8 cm³/mol. The van der Waals surface area contributed by atoms with E-state index in [9.17, 15) is 18.9 Å². The van der Waals surface area contributed by atoms with Gasteiger partial charge in [-0.3, -0.25) is 10.1 Å². The lowest BCUT2D eigenvalue weighted by atomic mass is 10.2. The molecule has 0 fully saturated rings. The number of nitro groups is 1. The Bertz CT molecular complexity index is 455. The fourth-order valence-electron chi connectivity index (χ4n) is 1.60. The van der Waals surface area contributed by atoms with Crippen LogP contribution in [0, 0.1) is 21.7 Å². The van der Waals surface area contributed by atoms with Crippen molar-refractivity contribution in [1.82, 2.24) is 0 Å². The van der Waals surface area contributed by atoms with Gasteiger partial charge >= 0.3 is 0 Å². The molecule has 0 radical (unpaired) electrons. The summed E-state index contributed by atoms with van der Waals surface area (Å²) in [4.78, 5) is 10.00. The summed E-state index contributed by atoms with van der Waals surface area (Å²) >= 11 is 0. The molecule has 0 bridgehead atoms. The summed E-state index contributed by atoms with van der Waals surface area (Å²) in [6.45, 7) is 3.45. The lowest BCUT2D eigenvalue weighted by molar-refractivity contribution is -0.384. The zero-order valence-corrected chi connectivity index (χ0v) is 11.3. The Morgan fingerprint density at radius 2 is 2.00 bits per heavy atom. The first-order valence-electron chi connectivity index (χ1n) is 6.52. The molecule has 0 saturated carbocycles. The van der Waals surface area contributed by atoms with Crippen molar-refractivity contribution in [1.29, 1.82) is 0 Å². The third-order valence-electron chi connectivity index (χ3n) is 2.68. The van der Waals surface area contributed by atoms with Gasteiger partial charge in [0.25, 0.3) is 5.69 Å². The molecule has 7 heteroatoms. The second-order valence-electron chi connectivity index (χ2n) is 4.26. The molecule has 1 aromatic carbocycles. The van der Waals surface area contributed by atoms with Crippen LogP contribution in [-0.2, 0) is 4.74 Å². The van der Waals surface area contributed by atoms with Crippen molar-refractivity contribution in [2.75, 3.05) is 25.1 Å². The third kappa shape index (κ3) is 4.73. The molecule has 0 aromatic heterocycles. The molecule has 0 unspecified atom stereocenters. The SMILES string of the molecule is CCCCOCCCNc1c([N+](=O)[O-])ccc(F)c1F. The zero-order valence-electron chi connectivity index (χ0n) is 11.3. The van der Waals surface area contributed by atoms with Crippen molar-refractivity contribution < 1.29 is 18.4 Å². The minimum Gasteiger partial charge on any atom is -0.381 e. The minimum absolute atomic E-state index is 0.271. The number of nitrogens with one attached hydrogen (secondary N) is 1. The normalized spacial score (nSPS) is 10.6. The molecule has 0 aliphatic heterocycles. The highest BCUT2D eigenvalue weighted by Crippen LogP contribution is 2.28. The van der Waals surface area contributed by atoms with Crippen LogP contribution in [-0.4, -0.2) is 24.7 Å². The van der Waals surface area contributed by atoms with Crippen molar-refractivity contribution in [3.63, 3.8) is 0 Å². The maximum absolute atomic E-state index is 13.5. The highest BCUT2D eigenvalue weighted by atomic mass is 19.2. The number of hydrogen-bond donors (Lipinski definition) is 1. The van der Waals surface area contributed by atoms with Gasteiger partial charge in [-0.25, -0.2) is 8.78 Å². The van der Waals surface area contributed by atoms with E-state index in [-0.39, 0.29) is 6.54 Å². The summed E-state index contributed by atoms with van der Waals surface area (Å²) in [7, 11) is 0. The molecule has 0 spiro atoms. The van der Waals surface area contributed by atoms with Crippen LogP contribution in [0.15, 0.2) is 12.1 Å². The molecule has 20 heavy (non-hydrogen) atoms. The summed E-state index contributed by atoms with van der Waals surface area (Å²) in [5.74, 6) is -2.34. The molecule has 0 atom stereocenters.